The third-order valence-corrected chi connectivity index (χ3v) is 3.88. The summed E-state index contributed by atoms with van der Waals surface area (Å²) in [5.41, 5.74) is 6.07. The van der Waals surface area contributed by atoms with Crippen molar-refractivity contribution in [2.75, 3.05) is 6.61 Å². The van der Waals surface area contributed by atoms with E-state index >= 15 is 0 Å². The molecule has 1 aromatic carbocycles. The van der Waals surface area contributed by atoms with Crippen LogP contribution >= 0.6 is 0 Å². The minimum Gasteiger partial charge on any atom is -0.378 e. The van der Waals surface area contributed by atoms with Crippen LogP contribution in [0.5, 0.6) is 0 Å². The second-order valence-corrected chi connectivity index (χ2v) is 5.73. The maximum absolute atomic E-state index is 12.6. The third kappa shape index (κ3) is 5.32. The lowest BCUT2D eigenvalue weighted by atomic mass is 9.99. The lowest BCUT2D eigenvalue weighted by Gasteiger charge is -2.15. The highest BCUT2D eigenvalue weighted by atomic mass is 19.4. The van der Waals surface area contributed by atoms with Gasteiger partial charge in [0.1, 0.15) is 0 Å². The Morgan fingerprint density at radius 2 is 2.14 bits per heavy atom. The maximum atomic E-state index is 12.6. The summed E-state index contributed by atoms with van der Waals surface area (Å²) >= 11 is 0. The zero-order valence-corrected chi connectivity index (χ0v) is 12.0. The molecule has 1 aliphatic rings. The van der Waals surface area contributed by atoms with E-state index in [1.807, 2.05) is 0 Å². The highest BCUT2D eigenvalue weighted by Crippen LogP contribution is 2.29. The predicted molar refractivity (Wildman–Crippen MR) is 75.9 cm³/mol. The molecule has 1 fully saturated rings. The van der Waals surface area contributed by atoms with Crippen LogP contribution in [0.1, 0.15) is 43.2 Å². The minimum absolute atomic E-state index is 0.102. The highest BCUT2D eigenvalue weighted by Gasteiger charge is 2.30. The molecule has 21 heavy (non-hydrogen) atoms. The van der Waals surface area contributed by atoms with E-state index in [1.54, 1.807) is 6.07 Å². The Morgan fingerprint density at radius 3 is 2.81 bits per heavy atom. The summed E-state index contributed by atoms with van der Waals surface area (Å²) in [6.07, 6.45) is 1.56. The Bertz CT molecular complexity index is 441. The van der Waals surface area contributed by atoms with Crippen LogP contribution in [0.2, 0.25) is 0 Å². The number of hydrogen-bond acceptors (Lipinski definition) is 2. The van der Waals surface area contributed by atoms with Crippen molar-refractivity contribution in [1.29, 1.82) is 0 Å². The van der Waals surface area contributed by atoms with Crippen LogP contribution in [0.15, 0.2) is 24.3 Å². The van der Waals surface area contributed by atoms with Gasteiger partial charge in [-0.05, 0) is 50.2 Å². The highest BCUT2D eigenvalue weighted by molar-refractivity contribution is 5.26. The van der Waals surface area contributed by atoms with E-state index in [2.05, 4.69) is 0 Å². The van der Waals surface area contributed by atoms with Crippen molar-refractivity contribution in [2.45, 2.75) is 56.8 Å². The first-order valence-electron chi connectivity index (χ1n) is 7.48. The van der Waals surface area contributed by atoms with Crippen molar-refractivity contribution in [3.05, 3.63) is 35.4 Å². The summed E-state index contributed by atoms with van der Waals surface area (Å²) in [5, 5.41) is 0. The van der Waals surface area contributed by atoms with Crippen molar-refractivity contribution in [3.63, 3.8) is 0 Å². The molecule has 1 saturated heterocycles. The van der Waals surface area contributed by atoms with Gasteiger partial charge in [0.05, 0.1) is 11.7 Å². The standard InChI is InChI=1S/C16H22F3NO/c17-16(18,19)13-5-1-4-12(10-13)11-14(20)6-2-7-15-8-3-9-21-15/h1,4-5,10,14-15H,2-3,6-9,11,20H2. The van der Waals surface area contributed by atoms with Crippen molar-refractivity contribution in [1.82, 2.24) is 0 Å². The lowest BCUT2D eigenvalue weighted by molar-refractivity contribution is -0.137. The second kappa shape index (κ2) is 7.27. The molecule has 0 saturated carbocycles. The molecule has 2 unspecified atom stereocenters. The van der Waals surface area contributed by atoms with Gasteiger partial charge in [-0.2, -0.15) is 13.2 Å². The predicted octanol–water partition coefficient (Wildman–Crippen LogP) is 3.92. The van der Waals surface area contributed by atoms with Gasteiger partial charge in [0.2, 0.25) is 0 Å². The molecular weight excluding hydrogens is 279 g/mol. The van der Waals surface area contributed by atoms with Gasteiger partial charge < -0.3 is 10.5 Å². The van der Waals surface area contributed by atoms with Crippen molar-refractivity contribution >= 4 is 0 Å². The van der Waals surface area contributed by atoms with Crippen LogP contribution in [0, 0.1) is 0 Å². The fraction of sp³-hybridized carbons (Fsp3) is 0.625. The van der Waals surface area contributed by atoms with E-state index in [4.69, 9.17) is 10.5 Å². The van der Waals surface area contributed by atoms with E-state index in [9.17, 15) is 13.2 Å². The van der Waals surface area contributed by atoms with Crippen molar-refractivity contribution < 1.29 is 17.9 Å². The SMILES string of the molecule is NC(CCCC1CCCO1)Cc1cccc(C(F)(F)F)c1. The van der Waals surface area contributed by atoms with Gasteiger partial charge in [-0.3, -0.25) is 0 Å². The van der Waals surface area contributed by atoms with E-state index in [-0.39, 0.29) is 6.04 Å². The molecule has 1 aliphatic heterocycles. The zero-order chi connectivity index (χ0) is 15.3. The molecule has 0 spiro atoms. The summed E-state index contributed by atoms with van der Waals surface area (Å²) in [4.78, 5) is 0. The fourth-order valence-corrected chi connectivity index (χ4v) is 2.76. The quantitative estimate of drug-likeness (QED) is 0.864. The van der Waals surface area contributed by atoms with E-state index in [0.29, 0.717) is 18.1 Å². The number of hydrogen-bond donors (Lipinski definition) is 1. The summed E-state index contributed by atoms with van der Waals surface area (Å²) in [7, 11) is 0. The van der Waals surface area contributed by atoms with Crippen LogP contribution < -0.4 is 5.73 Å². The zero-order valence-electron chi connectivity index (χ0n) is 12.0. The smallest absolute Gasteiger partial charge is 0.378 e. The lowest BCUT2D eigenvalue weighted by Crippen LogP contribution is -2.23. The normalized spacial score (nSPS) is 20.7. The first-order chi connectivity index (χ1) is 9.95. The van der Waals surface area contributed by atoms with E-state index < -0.39 is 11.7 Å². The Morgan fingerprint density at radius 1 is 1.33 bits per heavy atom. The average Bonchev–Trinajstić information content (AvgIpc) is 2.91. The number of nitrogens with two attached hydrogens (primary N) is 1. The van der Waals surface area contributed by atoms with Gasteiger partial charge in [-0.1, -0.05) is 18.2 Å². The van der Waals surface area contributed by atoms with Gasteiger partial charge in [0.15, 0.2) is 0 Å². The molecule has 0 bridgehead atoms. The van der Waals surface area contributed by atoms with E-state index in [0.717, 1.165) is 44.8 Å². The Kier molecular flexibility index (Phi) is 5.65. The summed E-state index contributed by atoms with van der Waals surface area (Å²) < 4.78 is 43.4. The molecule has 0 radical (unpaired) electrons. The topological polar surface area (TPSA) is 35.2 Å². The number of alkyl halides is 3. The molecule has 1 heterocycles. The van der Waals surface area contributed by atoms with Gasteiger partial charge in [-0.15, -0.1) is 0 Å². The fourth-order valence-electron chi connectivity index (χ4n) is 2.76. The van der Waals surface area contributed by atoms with Crippen LogP contribution in [0.25, 0.3) is 0 Å². The monoisotopic (exact) mass is 301 g/mol. The molecule has 5 heteroatoms. The van der Waals surface area contributed by atoms with Gasteiger partial charge >= 0.3 is 6.18 Å². The first kappa shape index (κ1) is 16.3. The van der Waals surface area contributed by atoms with Gasteiger partial charge in [0, 0.05) is 12.6 Å². The third-order valence-electron chi connectivity index (χ3n) is 3.88. The summed E-state index contributed by atoms with van der Waals surface area (Å²) in [6, 6.07) is 5.33. The number of halogens is 3. The van der Waals surface area contributed by atoms with E-state index in [1.165, 1.54) is 12.1 Å². The van der Waals surface area contributed by atoms with Gasteiger partial charge in [-0.25, -0.2) is 0 Å². The minimum atomic E-state index is -4.29. The molecular formula is C16H22F3NO. The summed E-state index contributed by atoms with van der Waals surface area (Å²) in [6.45, 7) is 0.848. The Hall–Kier alpha value is -1.07. The molecule has 118 valence electrons. The first-order valence-corrected chi connectivity index (χ1v) is 7.48. The molecule has 2 rings (SSSR count). The van der Waals surface area contributed by atoms with Crippen LogP contribution in [-0.4, -0.2) is 18.8 Å². The molecule has 2 N–H and O–H groups in total. The van der Waals surface area contributed by atoms with Crippen LogP contribution in [-0.2, 0) is 17.3 Å². The molecule has 2 nitrogen and oxygen atoms in total. The van der Waals surface area contributed by atoms with Crippen LogP contribution in [0.3, 0.4) is 0 Å². The van der Waals surface area contributed by atoms with Gasteiger partial charge in [0.25, 0.3) is 0 Å². The van der Waals surface area contributed by atoms with Crippen molar-refractivity contribution in [3.8, 4) is 0 Å². The van der Waals surface area contributed by atoms with Crippen molar-refractivity contribution in [2.24, 2.45) is 5.73 Å². The van der Waals surface area contributed by atoms with Crippen LogP contribution in [0.4, 0.5) is 13.2 Å². The Balaban J connectivity index is 1.77. The number of ether oxygens (including phenoxy) is 1. The molecule has 0 aromatic heterocycles. The molecule has 0 aliphatic carbocycles. The largest absolute Gasteiger partial charge is 0.416 e. The number of benzene rings is 1. The molecule has 2 atom stereocenters. The molecule has 1 aromatic rings. The maximum Gasteiger partial charge on any atom is 0.416 e. The summed E-state index contributed by atoms with van der Waals surface area (Å²) in [5.74, 6) is 0. The Labute approximate surface area is 123 Å². The molecule has 0 amide bonds. The average molecular weight is 301 g/mol. The number of rotatable bonds is 6. The second-order valence-electron chi connectivity index (χ2n) is 5.73.